The van der Waals surface area contributed by atoms with E-state index in [-0.39, 0.29) is 11.1 Å². The Hall–Kier alpha value is -0.0800. The first-order valence-corrected chi connectivity index (χ1v) is 6.32. The van der Waals surface area contributed by atoms with Crippen LogP contribution in [0, 0.1) is 5.92 Å². The van der Waals surface area contributed by atoms with Crippen LogP contribution in [-0.4, -0.2) is 29.6 Å². The Morgan fingerprint density at radius 3 is 2.40 bits per heavy atom. The summed E-state index contributed by atoms with van der Waals surface area (Å²) in [6, 6.07) is 0. The minimum absolute atomic E-state index is 0.263. The summed E-state index contributed by atoms with van der Waals surface area (Å²) in [4.78, 5) is 2.55. The van der Waals surface area contributed by atoms with Crippen LogP contribution < -0.4 is 5.73 Å². The lowest BCUT2D eigenvalue weighted by Crippen LogP contribution is -2.58. The van der Waals surface area contributed by atoms with Crippen LogP contribution in [-0.2, 0) is 0 Å². The smallest absolute Gasteiger partial charge is 0.0336 e. The molecule has 0 heterocycles. The lowest BCUT2D eigenvalue weighted by molar-refractivity contribution is 0.0255. The van der Waals surface area contributed by atoms with Crippen molar-refractivity contribution in [2.45, 2.75) is 64.5 Å². The molecule has 0 aromatic carbocycles. The maximum absolute atomic E-state index is 6.04. The van der Waals surface area contributed by atoms with E-state index >= 15 is 0 Å². The van der Waals surface area contributed by atoms with Crippen molar-refractivity contribution in [2.24, 2.45) is 11.7 Å². The van der Waals surface area contributed by atoms with Crippen molar-refractivity contribution in [1.29, 1.82) is 0 Å². The van der Waals surface area contributed by atoms with Gasteiger partial charge in [0.15, 0.2) is 0 Å². The number of hydrogen-bond donors (Lipinski definition) is 1. The summed E-state index contributed by atoms with van der Waals surface area (Å²) in [6.45, 7) is 10.1. The number of hydrogen-bond acceptors (Lipinski definition) is 2. The van der Waals surface area contributed by atoms with Crippen molar-refractivity contribution >= 4 is 0 Å². The Bertz CT molecular complexity index is 213. The quantitative estimate of drug-likeness (QED) is 0.776. The molecular weight excluding hydrogens is 184 g/mol. The molecule has 0 aliphatic heterocycles. The zero-order chi connectivity index (χ0) is 11.7. The van der Waals surface area contributed by atoms with Gasteiger partial charge in [-0.3, -0.25) is 4.90 Å². The number of nitrogens with two attached hydrogens (primary N) is 1. The molecular formula is C13H28N2. The highest BCUT2D eigenvalue weighted by atomic mass is 15.2. The molecule has 0 saturated heterocycles. The van der Waals surface area contributed by atoms with E-state index in [0.717, 1.165) is 12.5 Å². The average molecular weight is 212 g/mol. The van der Waals surface area contributed by atoms with Crippen molar-refractivity contribution in [1.82, 2.24) is 4.90 Å². The molecule has 2 heteroatoms. The molecule has 2 N–H and O–H groups in total. The molecule has 0 bridgehead atoms. The molecule has 15 heavy (non-hydrogen) atoms. The zero-order valence-corrected chi connectivity index (χ0v) is 11.1. The van der Waals surface area contributed by atoms with Gasteiger partial charge in [0.1, 0.15) is 0 Å². The van der Waals surface area contributed by atoms with E-state index in [0.29, 0.717) is 0 Å². The standard InChI is InChI=1S/C13H28N2/c1-6-12(3,4)15(5)13(10-14)8-7-11(2)9-13/h11H,6-10,14H2,1-5H3. The fourth-order valence-corrected chi connectivity index (χ4v) is 2.87. The van der Waals surface area contributed by atoms with E-state index in [1.807, 2.05) is 0 Å². The number of nitrogens with zero attached hydrogens (tertiary/aromatic N) is 1. The van der Waals surface area contributed by atoms with E-state index in [1.54, 1.807) is 0 Å². The maximum Gasteiger partial charge on any atom is 0.0336 e. The zero-order valence-electron chi connectivity index (χ0n) is 11.1. The van der Waals surface area contributed by atoms with Gasteiger partial charge >= 0.3 is 0 Å². The van der Waals surface area contributed by atoms with Gasteiger partial charge in [-0.15, -0.1) is 0 Å². The summed E-state index contributed by atoms with van der Waals surface area (Å²) in [5.41, 5.74) is 6.57. The van der Waals surface area contributed by atoms with E-state index in [9.17, 15) is 0 Å². The summed E-state index contributed by atoms with van der Waals surface area (Å²) in [6.07, 6.45) is 5.05. The normalized spacial score (nSPS) is 32.6. The van der Waals surface area contributed by atoms with Gasteiger partial charge in [0, 0.05) is 17.6 Å². The van der Waals surface area contributed by atoms with Crippen LogP contribution in [0.2, 0.25) is 0 Å². The van der Waals surface area contributed by atoms with Crippen LogP contribution in [0.3, 0.4) is 0 Å². The summed E-state index contributed by atoms with van der Waals surface area (Å²) in [7, 11) is 2.26. The summed E-state index contributed by atoms with van der Waals surface area (Å²) >= 11 is 0. The Kier molecular flexibility index (Phi) is 3.83. The van der Waals surface area contributed by atoms with Crippen LogP contribution in [0.5, 0.6) is 0 Å². The molecule has 0 radical (unpaired) electrons. The minimum Gasteiger partial charge on any atom is -0.329 e. The number of rotatable bonds is 4. The highest BCUT2D eigenvalue weighted by Gasteiger charge is 2.44. The van der Waals surface area contributed by atoms with Gasteiger partial charge in [-0.2, -0.15) is 0 Å². The van der Waals surface area contributed by atoms with Gasteiger partial charge < -0.3 is 5.73 Å². The molecule has 0 aromatic rings. The second-order valence-electron chi connectivity index (χ2n) is 6.00. The molecule has 2 nitrogen and oxygen atoms in total. The summed E-state index contributed by atoms with van der Waals surface area (Å²) in [5, 5.41) is 0. The molecule has 1 fully saturated rings. The Balaban J connectivity index is 2.83. The summed E-state index contributed by atoms with van der Waals surface area (Å²) < 4.78 is 0. The van der Waals surface area contributed by atoms with Crippen LogP contribution in [0.1, 0.15) is 53.4 Å². The highest BCUT2D eigenvalue weighted by molar-refractivity contribution is 5.01. The van der Waals surface area contributed by atoms with Gasteiger partial charge in [-0.25, -0.2) is 0 Å². The molecule has 0 amide bonds. The largest absolute Gasteiger partial charge is 0.329 e. The van der Waals surface area contributed by atoms with Crippen LogP contribution in [0.15, 0.2) is 0 Å². The van der Waals surface area contributed by atoms with Crippen molar-refractivity contribution < 1.29 is 0 Å². The van der Waals surface area contributed by atoms with Crippen molar-refractivity contribution in [2.75, 3.05) is 13.6 Å². The maximum atomic E-state index is 6.04. The van der Waals surface area contributed by atoms with Gasteiger partial charge in [-0.1, -0.05) is 13.8 Å². The van der Waals surface area contributed by atoms with E-state index < -0.39 is 0 Å². The first kappa shape index (κ1) is 13.0. The van der Waals surface area contributed by atoms with Gasteiger partial charge in [0.25, 0.3) is 0 Å². The van der Waals surface area contributed by atoms with Crippen molar-refractivity contribution in [3.05, 3.63) is 0 Å². The Morgan fingerprint density at radius 1 is 1.47 bits per heavy atom. The molecule has 0 aromatic heterocycles. The third kappa shape index (κ3) is 2.36. The first-order valence-electron chi connectivity index (χ1n) is 6.32. The molecule has 90 valence electrons. The van der Waals surface area contributed by atoms with Crippen molar-refractivity contribution in [3.63, 3.8) is 0 Å². The minimum atomic E-state index is 0.263. The fraction of sp³-hybridized carbons (Fsp3) is 1.00. The van der Waals surface area contributed by atoms with Gasteiger partial charge in [0.2, 0.25) is 0 Å². The molecule has 0 spiro atoms. The van der Waals surface area contributed by atoms with Crippen LogP contribution in [0.25, 0.3) is 0 Å². The van der Waals surface area contributed by atoms with E-state index in [1.165, 1.54) is 25.7 Å². The lowest BCUT2D eigenvalue weighted by Gasteiger charge is -2.48. The monoisotopic (exact) mass is 212 g/mol. The molecule has 1 aliphatic carbocycles. The van der Waals surface area contributed by atoms with E-state index in [2.05, 4.69) is 39.6 Å². The van der Waals surface area contributed by atoms with E-state index in [4.69, 9.17) is 5.73 Å². The van der Waals surface area contributed by atoms with Gasteiger partial charge in [-0.05, 0) is 52.5 Å². The summed E-state index contributed by atoms with van der Waals surface area (Å²) in [5.74, 6) is 0.837. The number of likely N-dealkylation sites (N-methyl/N-ethyl adjacent to an activating group) is 1. The second kappa shape index (κ2) is 4.42. The third-order valence-corrected chi connectivity index (χ3v) is 4.70. The Morgan fingerprint density at radius 2 is 2.07 bits per heavy atom. The Labute approximate surface area is 95.2 Å². The third-order valence-electron chi connectivity index (χ3n) is 4.70. The van der Waals surface area contributed by atoms with Crippen LogP contribution >= 0.6 is 0 Å². The predicted octanol–water partition coefficient (Wildman–Crippen LogP) is 2.62. The van der Waals surface area contributed by atoms with Crippen molar-refractivity contribution in [3.8, 4) is 0 Å². The fourth-order valence-electron chi connectivity index (χ4n) is 2.87. The predicted molar refractivity (Wildman–Crippen MR) is 66.9 cm³/mol. The lowest BCUT2D eigenvalue weighted by atomic mass is 9.87. The average Bonchev–Trinajstić information content (AvgIpc) is 2.60. The highest BCUT2D eigenvalue weighted by Crippen LogP contribution is 2.41. The van der Waals surface area contributed by atoms with Crippen LogP contribution in [0.4, 0.5) is 0 Å². The topological polar surface area (TPSA) is 29.3 Å². The molecule has 1 aliphatic rings. The first-order chi connectivity index (χ1) is 6.88. The molecule has 1 rings (SSSR count). The SMILES string of the molecule is CCC(C)(C)N(C)C1(CN)CCC(C)C1. The molecule has 2 unspecified atom stereocenters. The van der Waals surface area contributed by atoms with Gasteiger partial charge in [0.05, 0.1) is 0 Å². The molecule has 1 saturated carbocycles. The second-order valence-corrected chi connectivity index (χ2v) is 6.00. The molecule has 2 atom stereocenters.